The molecule has 0 amide bonds. The molecule has 0 aromatic heterocycles. The second-order valence-electron chi connectivity index (χ2n) is 4.95. The van der Waals surface area contributed by atoms with Gasteiger partial charge in [-0.25, -0.2) is 8.78 Å². The maximum atomic E-state index is 13.5. The number of anilines is 1. The lowest BCUT2D eigenvalue weighted by Gasteiger charge is -2.14. The van der Waals surface area contributed by atoms with Gasteiger partial charge >= 0.3 is 0 Å². The van der Waals surface area contributed by atoms with Crippen molar-refractivity contribution in [2.75, 3.05) is 5.32 Å². The molecule has 0 spiro atoms. The Morgan fingerprint density at radius 2 is 1.95 bits per heavy atom. The zero-order valence-corrected chi connectivity index (χ0v) is 12.2. The molecule has 21 heavy (non-hydrogen) atoms. The minimum absolute atomic E-state index is 0.148. The molecule has 0 saturated carbocycles. The van der Waals surface area contributed by atoms with Crippen LogP contribution in [0.5, 0.6) is 5.75 Å². The Bertz CT molecular complexity index is 601. The van der Waals surface area contributed by atoms with Crippen LogP contribution in [-0.4, -0.2) is 6.10 Å². The predicted octanol–water partition coefficient (Wildman–Crippen LogP) is 4.75. The Balaban J connectivity index is 2.01. The smallest absolute Gasteiger partial charge is 0.131 e. The fourth-order valence-corrected chi connectivity index (χ4v) is 1.86. The zero-order chi connectivity index (χ0) is 15.2. The second-order valence-corrected chi connectivity index (χ2v) is 4.95. The van der Waals surface area contributed by atoms with E-state index in [0.717, 1.165) is 23.9 Å². The van der Waals surface area contributed by atoms with E-state index in [1.54, 1.807) is 0 Å². The van der Waals surface area contributed by atoms with Gasteiger partial charge in [0, 0.05) is 29.9 Å². The van der Waals surface area contributed by atoms with E-state index in [4.69, 9.17) is 4.74 Å². The van der Waals surface area contributed by atoms with Gasteiger partial charge in [-0.15, -0.1) is 0 Å². The molecular formula is C17H19F2NO. The molecule has 0 saturated heterocycles. The van der Waals surface area contributed by atoms with Crippen LogP contribution in [0.4, 0.5) is 14.5 Å². The van der Waals surface area contributed by atoms with E-state index < -0.39 is 11.6 Å². The van der Waals surface area contributed by atoms with Crippen LogP contribution in [0.25, 0.3) is 0 Å². The number of benzene rings is 2. The van der Waals surface area contributed by atoms with Gasteiger partial charge in [0.05, 0.1) is 6.10 Å². The van der Waals surface area contributed by atoms with Crippen molar-refractivity contribution in [3.05, 3.63) is 59.7 Å². The molecule has 2 rings (SSSR count). The topological polar surface area (TPSA) is 21.3 Å². The molecule has 2 aromatic carbocycles. The first-order valence-electron chi connectivity index (χ1n) is 7.03. The molecule has 2 aromatic rings. The lowest BCUT2D eigenvalue weighted by molar-refractivity contribution is 0.217. The molecule has 0 aliphatic heterocycles. The molecule has 1 unspecified atom stereocenters. The molecule has 4 heteroatoms. The van der Waals surface area contributed by atoms with Gasteiger partial charge in [-0.2, -0.15) is 0 Å². The summed E-state index contributed by atoms with van der Waals surface area (Å²) in [6.45, 7) is 4.36. The highest BCUT2D eigenvalue weighted by Crippen LogP contribution is 2.20. The summed E-state index contributed by atoms with van der Waals surface area (Å²) < 4.78 is 32.1. The summed E-state index contributed by atoms with van der Waals surface area (Å²) in [6.07, 6.45) is 1.08. The fourth-order valence-electron chi connectivity index (χ4n) is 1.86. The Morgan fingerprint density at radius 1 is 1.14 bits per heavy atom. The predicted molar refractivity (Wildman–Crippen MR) is 80.5 cm³/mol. The third kappa shape index (κ3) is 4.45. The van der Waals surface area contributed by atoms with Gasteiger partial charge in [-0.3, -0.25) is 0 Å². The maximum absolute atomic E-state index is 13.5. The summed E-state index contributed by atoms with van der Waals surface area (Å²) in [5.74, 6) is -0.344. The molecule has 0 radical (unpaired) electrons. The molecular weight excluding hydrogens is 272 g/mol. The highest BCUT2D eigenvalue weighted by Gasteiger charge is 2.05. The maximum Gasteiger partial charge on any atom is 0.131 e. The van der Waals surface area contributed by atoms with Crippen LogP contribution in [0.1, 0.15) is 25.8 Å². The number of hydrogen-bond acceptors (Lipinski definition) is 2. The largest absolute Gasteiger partial charge is 0.491 e. The summed E-state index contributed by atoms with van der Waals surface area (Å²) in [5, 5.41) is 3.11. The highest BCUT2D eigenvalue weighted by molar-refractivity contribution is 5.48. The van der Waals surface area contributed by atoms with E-state index in [1.165, 1.54) is 12.1 Å². The molecule has 0 aliphatic carbocycles. The quantitative estimate of drug-likeness (QED) is 0.829. The molecule has 1 N–H and O–H groups in total. The molecule has 112 valence electrons. The number of rotatable bonds is 6. The van der Waals surface area contributed by atoms with Gasteiger partial charge in [-0.05, 0) is 31.5 Å². The van der Waals surface area contributed by atoms with Gasteiger partial charge < -0.3 is 10.1 Å². The molecule has 0 bridgehead atoms. The normalized spacial score (nSPS) is 12.0. The summed E-state index contributed by atoms with van der Waals surface area (Å²) >= 11 is 0. The van der Waals surface area contributed by atoms with E-state index in [1.807, 2.05) is 31.2 Å². The molecule has 0 fully saturated rings. The average molecular weight is 291 g/mol. The van der Waals surface area contributed by atoms with Crippen molar-refractivity contribution in [2.24, 2.45) is 0 Å². The van der Waals surface area contributed by atoms with E-state index in [-0.39, 0.29) is 6.10 Å². The third-order valence-electron chi connectivity index (χ3n) is 3.24. The van der Waals surface area contributed by atoms with Crippen molar-refractivity contribution >= 4 is 5.69 Å². The molecule has 0 heterocycles. The second kappa shape index (κ2) is 7.07. The SMILES string of the molecule is CCC(C)Oc1cccc(NCc2ccc(F)cc2F)c1. The lowest BCUT2D eigenvalue weighted by atomic mass is 10.2. The van der Waals surface area contributed by atoms with Crippen molar-refractivity contribution < 1.29 is 13.5 Å². The van der Waals surface area contributed by atoms with Crippen molar-refractivity contribution in [1.29, 1.82) is 0 Å². The number of nitrogens with one attached hydrogen (secondary N) is 1. The van der Waals surface area contributed by atoms with Crippen LogP contribution in [0.15, 0.2) is 42.5 Å². The minimum Gasteiger partial charge on any atom is -0.491 e. The summed E-state index contributed by atoms with van der Waals surface area (Å²) in [5.41, 5.74) is 1.25. The van der Waals surface area contributed by atoms with Crippen molar-refractivity contribution in [2.45, 2.75) is 32.9 Å². The summed E-state index contributed by atoms with van der Waals surface area (Å²) in [6, 6.07) is 11.1. The van der Waals surface area contributed by atoms with Crippen LogP contribution in [0, 0.1) is 11.6 Å². The monoisotopic (exact) mass is 291 g/mol. The van der Waals surface area contributed by atoms with Gasteiger partial charge in [0.15, 0.2) is 0 Å². The first kappa shape index (κ1) is 15.3. The number of hydrogen-bond donors (Lipinski definition) is 1. The van der Waals surface area contributed by atoms with Crippen molar-refractivity contribution in [1.82, 2.24) is 0 Å². The fraction of sp³-hybridized carbons (Fsp3) is 0.294. The Kier molecular flexibility index (Phi) is 5.14. The van der Waals surface area contributed by atoms with Gasteiger partial charge in [0.2, 0.25) is 0 Å². The van der Waals surface area contributed by atoms with E-state index >= 15 is 0 Å². The standard InChI is InChI=1S/C17H19F2NO/c1-3-12(2)21-16-6-4-5-15(10-16)20-11-13-7-8-14(18)9-17(13)19/h4-10,12,20H,3,11H2,1-2H3. The first-order chi connectivity index (χ1) is 10.1. The Labute approximate surface area is 123 Å². The Morgan fingerprint density at radius 3 is 2.67 bits per heavy atom. The minimum atomic E-state index is -0.569. The third-order valence-corrected chi connectivity index (χ3v) is 3.24. The summed E-state index contributed by atoms with van der Waals surface area (Å²) in [4.78, 5) is 0. The van der Waals surface area contributed by atoms with E-state index in [9.17, 15) is 8.78 Å². The van der Waals surface area contributed by atoms with E-state index in [0.29, 0.717) is 12.1 Å². The van der Waals surface area contributed by atoms with Gasteiger partial charge in [0.1, 0.15) is 17.4 Å². The lowest BCUT2D eigenvalue weighted by Crippen LogP contribution is -2.10. The zero-order valence-electron chi connectivity index (χ0n) is 12.2. The summed E-state index contributed by atoms with van der Waals surface area (Å²) in [7, 11) is 0. The highest BCUT2D eigenvalue weighted by atomic mass is 19.1. The average Bonchev–Trinajstić information content (AvgIpc) is 2.46. The molecule has 2 nitrogen and oxygen atoms in total. The van der Waals surface area contributed by atoms with Gasteiger partial charge in [0.25, 0.3) is 0 Å². The van der Waals surface area contributed by atoms with Crippen LogP contribution in [0.2, 0.25) is 0 Å². The molecule has 1 atom stereocenters. The van der Waals surface area contributed by atoms with E-state index in [2.05, 4.69) is 12.2 Å². The number of ether oxygens (including phenoxy) is 1. The van der Waals surface area contributed by atoms with Crippen LogP contribution in [0.3, 0.4) is 0 Å². The van der Waals surface area contributed by atoms with Crippen molar-refractivity contribution in [3.8, 4) is 5.75 Å². The van der Waals surface area contributed by atoms with Crippen LogP contribution in [-0.2, 0) is 6.54 Å². The van der Waals surface area contributed by atoms with Crippen LogP contribution >= 0.6 is 0 Å². The number of halogens is 2. The van der Waals surface area contributed by atoms with Crippen LogP contribution < -0.4 is 10.1 Å². The van der Waals surface area contributed by atoms with Crippen molar-refractivity contribution in [3.63, 3.8) is 0 Å². The first-order valence-corrected chi connectivity index (χ1v) is 7.03. The van der Waals surface area contributed by atoms with Gasteiger partial charge in [-0.1, -0.05) is 19.1 Å². The molecule has 0 aliphatic rings. The Hall–Kier alpha value is -2.10.